The van der Waals surface area contributed by atoms with E-state index in [-0.39, 0.29) is 11.6 Å². The molecule has 3 aromatic rings. The van der Waals surface area contributed by atoms with Crippen LogP contribution in [0.15, 0.2) is 54.6 Å². The van der Waals surface area contributed by atoms with Crippen LogP contribution in [0.1, 0.15) is 21.7 Å². The van der Waals surface area contributed by atoms with Gasteiger partial charge < -0.3 is 10.6 Å². The molecule has 0 unspecified atom stereocenters. The molecular weight excluding hydrogens is 333 g/mol. The van der Waals surface area contributed by atoms with E-state index in [2.05, 4.69) is 26.7 Å². The van der Waals surface area contributed by atoms with Gasteiger partial charge in [-0.3, -0.25) is 4.79 Å². The predicted molar refractivity (Wildman–Crippen MR) is 95.6 cm³/mol. The van der Waals surface area contributed by atoms with Crippen LogP contribution in [0.4, 0.5) is 21.7 Å². The van der Waals surface area contributed by atoms with E-state index in [4.69, 9.17) is 5.26 Å². The Kier molecular flexibility index (Phi) is 4.85. The van der Waals surface area contributed by atoms with Gasteiger partial charge in [-0.25, -0.2) is 14.4 Å². The van der Waals surface area contributed by atoms with Gasteiger partial charge in [-0.2, -0.15) is 5.26 Å². The fourth-order valence-electron chi connectivity index (χ4n) is 2.31. The van der Waals surface area contributed by atoms with Crippen molar-refractivity contribution in [1.29, 1.82) is 5.26 Å². The summed E-state index contributed by atoms with van der Waals surface area (Å²) in [5.74, 6) is -0.744. The third kappa shape index (κ3) is 3.99. The smallest absolute Gasteiger partial charge is 0.274 e. The first-order chi connectivity index (χ1) is 12.5. The van der Waals surface area contributed by atoms with E-state index in [1.54, 1.807) is 37.3 Å². The van der Waals surface area contributed by atoms with Gasteiger partial charge in [0.15, 0.2) is 0 Å². The van der Waals surface area contributed by atoms with Crippen LogP contribution in [0.25, 0.3) is 0 Å². The van der Waals surface area contributed by atoms with Crippen molar-refractivity contribution in [3.05, 3.63) is 77.4 Å². The molecule has 128 valence electrons. The minimum absolute atomic E-state index is 0.124. The van der Waals surface area contributed by atoms with Gasteiger partial charge in [0.25, 0.3) is 5.91 Å². The molecule has 0 spiro atoms. The molecule has 3 rings (SSSR count). The number of amides is 1. The van der Waals surface area contributed by atoms with Crippen LogP contribution < -0.4 is 10.6 Å². The Morgan fingerprint density at radius 1 is 1.12 bits per heavy atom. The van der Waals surface area contributed by atoms with Crippen LogP contribution in [0.3, 0.4) is 0 Å². The highest BCUT2D eigenvalue weighted by atomic mass is 19.1. The zero-order chi connectivity index (χ0) is 18.5. The van der Waals surface area contributed by atoms with E-state index in [0.717, 1.165) is 0 Å². The Morgan fingerprint density at radius 2 is 1.92 bits per heavy atom. The number of carbonyl (C=O) groups excluding carboxylic acids is 1. The number of hydrogen-bond donors (Lipinski definition) is 2. The number of rotatable bonds is 4. The topological polar surface area (TPSA) is 90.7 Å². The van der Waals surface area contributed by atoms with Crippen molar-refractivity contribution in [2.24, 2.45) is 0 Å². The van der Waals surface area contributed by atoms with E-state index in [1.807, 2.05) is 0 Å². The average Bonchev–Trinajstić information content (AvgIpc) is 2.61. The average molecular weight is 347 g/mol. The Bertz CT molecular complexity index is 1010. The summed E-state index contributed by atoms with van der Waals surface area (Å²) in [7, 11) is 0. The highest BCUT2D eigenvalue weighted by molar-refractivity contribution is 6.03. The lowest BCUT2D eigenvalue weighted by Gasteiger charge is -2.10. The largest absolute Gasteiger partial charge is 0.323 e. The molecule has 0 saturated carbocycles. The maximum Gasteiger partial charge on any atom is 0.274 e. The molecule has 0 radical (unpaired) electrons. The van der Waals surface area contributed by atoms with Gasteiger partial charge in [0.05, 0.1) is 11.3 Å². The molecule has 0 fully saturated rings. The Morgan fingerprint density at radius 3 is 2.69 bits per heavy atom. The molecule has 0 saturated heterocycles. The molecule has 1 aromatic heterocycles. The van der Waals surface area contributed by atoms with E-state index >= 15 is 0 Å². The lowest BCUT2D eigenvalue weighted by molar-refractivity contribution is 0.102. The molecule has 0 atom stereocenters. The van der Waals surface area contributed by atoms with E-state index in [1.165, 1.54) is 24.3 Å². The van der Waals surface area contributed by atoms with Gasteiger partial charge in [0.1, 0.15) is 17.6 Å². The van der Waals surface area contributed by atoms with Crippen LogP contribution in [0.2, 0.25) is 0 Å². The van der Waals surface area contributed by atoms with Crippen molar-refractivity contribution in [2.75, 3.05) is 10.6 Å². The van der Waals surface area contributed by atoms with Gasteiger partial charge in [-0.1, -0.05) is 18.2 Å². The first-order valence-electron chi connectivity index (χ1n) is 7.74. The Balaban J connectivity index is 1.85. The zero-order valence-corrected chi connectivity index (χ0v) is 13.8. The lowest BCUT2D eigenvalue weighted by Crippen LogP contribution is -2.15. The van der Waals surface area contributed by atoms with Crippen LogP contribution in [0.5, 0.6) is 0 Å². The minimum atomic E-state index is -0.488. The summed E-state index contributed by atoms with van der Waals surface area (Å²) in [6.07, 6.45) is 0. The molecule has 0 bridgehead atoms. The number of anilines is 3. The van der Waals surface area contributed by atoms with Crippen LogP contribution in [-0.4, -0.2) is 15.9 Å². The van der Waals surface area contributed by atoms with E-state index in [9.17, 15) is 9.18 Å². The fourth-order valence-corrected chi connectivity index (χ4v) is 2.31. The number of nitriles is 1. The van der Waals surface area contributed by atoms with Gasteiger partial charge >= 0.3 is 0 Å². The molecule has 6 nitrogen and oxygen atoms in total. The molecule has 1 amide bonds. The number of hydrogen-bond acceptors (Lipinski definition) is 5. The first-order valence-corrected chi connectivity index (χ1v) is 7.74. The molecule has 2 N–H and O–H groups in total. The van der Waals surface area contributed by atoms with E-state index in [0.29, 0.717) is 22.6 Å². The number of para-hydroxylation sites is 1. The highest BCUT2D eigenvalue weighted by Gasteiger charge is 2.12. The number of benzene rings is 2. The van der Waals surface area contributed by atoms with Crippen LogP contribution in [0, 0.1) is 24.1 Å². The molecule has 0 aliphatic rings. The van der Waals surface area contributed by atoms with Crippen molar-refractivity contribution in [2.45, 2.75) is 6.92 Å². The van der Waals surface area contributed by atoms with E-state index < -0.39 is 11.7 Å². The molecule has 0 aliphatic carbocycles. The second-order valence-electron chi connectivity index (χ2n) is 5.47. The van der Waals surface area contributed by atoms with Gasteiger partial charge in [-0.05, 0) is 43.3 Å². The summed E-state index contributed by atoms with van der Waals surface area (Å²) in [5.41, 5.74) is 2.00. The monoisotopic (exact) mass is 347 g/mol. The Hall–Kier alpha value is -3.79. The molecule has 0 aliphatic heterocycles. The van der Waals surface area contributed by atoms with Crippen molar-refractivity contribution >= 4 is 23.2 Å². The van der Waals surface area contributed by atoms with Crippen molar-refractivity contribution < 1.29 is 9.18 Å². The van der Waals surface area contributed by atoms with Gasteiger partial charge in [0.2, 0.25) is 5.95 Å². The third-order valence-corrected chi connectivity index (χ3v) is 3.46. The molecule has 7 heteroatoms. The van der Waals surface area contributed by atoms with Crippen molar-refractivity contribution in [3.8, 4) is 6.07 Å². The molecular formula is C19H14FN5O. The maximum absolute atomic E-state index is 13.2. The summed E-state index contributed by atoms with van der Waals surface area (Å²) in [6.45, 7) is 1.72. The molecule has 2 aromatic carbocycles. The second-order valence-corrected chi connectivity index (χ2v) is 5.47. The van der Waals surface area contributed by atoms with Crippen molar-refractivity contribution in [3.63, 3.8) is 0 Å². The minimum Gasteiger partial charge on any atom is -0.323 e. The number of aromatic nitrogens is 2. The summed E-state index contributed by atoms with van der Waals surface area (Å²) in [5, 5.41) is 14.7. The summed E-state index contributed by atoms with van der Waals surface area (Å²) >= 11 is 0. The third-order valence-electron chi connectivity index (χ3n) is 3.46. The zero-order valence-electron chi connectivity index (χ0n) is 13.8. The van der Waals surface area contributed by atoms with Crippen LogP contribution >= 0.6 is 0 Å². The summed E-state index contributed by atoms with van der Waals surface area (Å²) in [6, 6.07) is 16.1. The molecule has 1 heterocycles. The number of aryl methyl sites for hydroxylation is 1. The van der Waals surface area contributed by atoms with Gasteiger partial charge in [-0.15, -0.1) is 0 Å². The predicted octanol–water partition coefficient (Wildman–Crippen LogP) is 3.79. The molecule has 26 heavy (non-hydrogen) atoms. The SMILES string of the molecule is Cc1cc(C(=O)Nc2cccc(F)c2)nc(Nc2ccccc2C#N)n1. The quantitative estimate of drug-likeness (QED) is 0.749. The highest BCUT2D eigenvalue weighted by Crippen LogP contribution is 2.19. The summed E-state index contributed by atoms with van der Waals surface area (Å²) in [4.78, 5) is 20.8. The number of nitrogens with one attached hydrogen (secondary N) is 2. The van der Waals surface area contributed by atoms with Gasteiger partial charge in [0, 0.05) is 11.4 Å². The maximum atomic E-state index is 13.2. The normalized spacial score (nSPS) is 10.0. The van der Waals surface area contributed by atoms with Crippen LogP contribution in [-0.2, 0) is 0 Å². The fraction of sp³-hybridized carbons (Fsp3) is 0.0526. The summed E-state index contributed by atoms with van der Waals surface area (Å²) < 4.78 is 13.2. The number of carbonyl (C=O) groups is 1. The second kappa shape index (κ2) is 7.40. The number of nitrogens with zero attached hydrogens (tertiary/aromatic N) is 3. The lowest BCUT2D eigenvalue weighted by atomic mass is 10.2. The van der Waals surface area contributed by atoms with Crippen molar-refractivity contribution in [1.82, 2.24) is 9.97 Å². The standard InChI is InChI=1S/C19H14FN5O/c1-12-9-17(18(26)23-15-7-4-6-14(20)10-15)25-19(22-12)24-16-8-3-2-5-13(16)11-21/h2-10H,1H3,(H,23,26)(H,22,24,25). The Labute approximate surface area is 149 Å². The number of halogens is 1. The first kappa shape index (κ1) is 17.0.